The summed E-state index contributed by atoms with van der Waals surface area (Å²) in [6, 6.07) is 5.59. The average molecular weight is 344 g/mol. The zero-order chi connectivity index (χ0) is 13.5. The molecule has 2 unspecified atom stereocenters. The third-order valence-electron chi connectivity index (χ3n) is 4.12. The van der Waals surface area contributed by atoms with E-state index in [0.717, 1.165) is 38.5 Å². The first kappa shape index (κ1) is 13.6. The largest absolute Gasteiger partial charge is 0.240 e. The molecule has 0 aliphatic heterocycles. The number of hydrogen-bond donors (Lipinski definition) is 1. The van der Waals surface area contributed by atoms with Gasteiger partial charge in [-0.05, 0) is 55.4 Å². The maximum absolute atomic E-state index is 12.4. The fraction of sp³-hybridized carbons (Fsp3) is 0.571. The van der Waals surface area contributed by atoms with Gasteiger partial charge in [0, 0.05) is 10.9 Å². The number of alkyl halides is 1. The third kappa shape index (κ3) is 2.73. The second kappa shape index (κ2) is 5.19. The topological polar surface area (TPSA) is 46.2 Å². The van der Waals surface area contributed by atoms with Gasteiger partial charge in [0.2, 0.25) is 10.0 Å². The van der Waals surface area contributed by atoms with Crippen LogP contribution in [0.2, 0.25) is 0 Å². The van der Waals surface area contributed by atoms with Crippen molar-refractivity contribution in [3.63, 3.8) is 0 Å². The Morgan fingerprint density at radius 2 is 1.89 bits per heavy atom. The van der Waals surface area contributed by atoms with Crippen LogP contribution in [0, 0.1) is 0 Å². The van der Waals surface area contributed by atoms with Crippen LogP contribution in [0.3, 0.4) is 0 Å². The van der Waals surface area contributed by atoms with E-state index in [1.165, 1.54) is 11.1 Å². The molecule has 5 heteroatoms. The zero-order valence-corrected chi connectivity index (χ0v) is 13.1. The number of nitrogens with one attached hydrogen (secondary N) is 1. The molecule has 1 N–H and O–H groups in total. The Balaban J connectivity index is 1.84. The van der Waals surface area contributed by atoms with Crippen LogP contribution in [0.1, 0.15) is 36.8 Å². The molecule has 3 rings (SSSR count). The van der Waals surface area contributed by atoms with Crippen molar-refractivity contribution < 1.29 is 8.42 Å². The number of sulfonamides is 1. The molecule has 19 heavy (non-hydrogen) atoms. The van der Waals surface area contributed by atoms with Gasteiger partial charge in [0.1, 0.15) is 0 Å². The quantitative estimate of drug-likeness (QED) is 0.857. The molecule has 104 valence electrons. The number of halogens is 1. The molecule has 1 saturated carbocycles. The molecule has 2 aliphatic carbocycles. The predicted octanol–water partition coefficient (Wildman–Crippen LogP) is 2.77. The monoisotopic (exact) mass is 343 g/mol. The van der Waals surface area contributed by atoms with Gasteiger partial charge in [-0.1, -0.05) is 28.4 Å². The summed E-state index contributed by atoms with van der Waals surface area (Å²) < 4.78 is 27.6. The molecule has 2 aliphatic rings. The highest BCUT2D eigenvalue weighted by Crippen LogP contribution is 2.28. The lowest BCUT2D eigenvalue weighted by atomic mass is 10.1. The van der Waals surface area contributed by atoms with E-state index in [1.807, 2.05) is 12.1 Å². The van der Waals surface area contributed by atoms with Gasteiger partial charge in [-0.2, -0.15) is 0 Å². The summed E-state index contributed by atoms with van der Waals surface area (Å²) >= 11 is 3.55. The molecule has 0 spiro atoms. The van der Waals surface area contributed by atoms with Crippen molar-refractivity contribution in [2.24, 2.45) is 0 Å². The number of fused-ring (bicyclic) bond motifs is 1. The Hall–Kier alpha value is -0.390. The number of rotatable bonds is 3. The summed E-state index contributed by atoms with van der Waals surface area (Å²) in [6.07, 6.45) is 6.25. The van der Waals surface area contributed by atoms with Crippen molar-refractivity contribution in [2.45, 2.75) is 54.3 Å². The van der Waals surface area contributed by atoms with Crippen LogP contribution in [-0.2, 0) is 22.9 Å². The van der Waals surface area contributed by atoms with E-state index in [9.17, 15) is 8.42 Å². The van der Waals surface area contributed by atoms with Crippen molar-refractivity contribution in [1.82, 2.24) is 4.72 Å². The van der Waals surface area contributed by atoms with Gasteiger partial charge in [-0.15, -0.1) is 0 Å². The fourth-order valence-corrected chi connectivity index (χ4v) is 5.29. The number of benzene rings is 1. The van der Waals surface area contributed by atoms with Crippen LogP contribution >= 0.6 is 15.9 Å². The first-order chi connectivity index (χ1) is 9.06. The average Bonchev–Trinajstić information content (AvgIpc) is 2.97. The molecular weight excluding hydrogens is 326 g/mol. The van der Waals surface area contributed by atoms with Crippen molar-refractivity contribution in [2.75, 3.05) is 0 Å². The van der Waals surface area contributed by atoms with Crippen LogP contribution in [-0.4, -0.2) is 19.3 Å². The maximum atomic E-state index is 12.4. The molecule has 0 aromatic heterocycles. The predicted molar refractivity (Wildman–Crippen MR) is 79.1 cm³/mol. The maximum Gasteiger partial charge on any atom is 0.240 e. The number of hydrogen-bond acceptors (Lipinski definition) is 2. The zero-order valence-electron chi connectivity index (χ0n) is 10.7. The smallest absolute Gasteiger partial charge is 0.207 e. The second-order valence-corrected chi connectivity index (χ2v) is 8.35. The van der Waals surface area contributed by atoms with Gasteiger partial charge in [0.15, 0.2) is 0 Å². The minimum Gasteiger partial charge on any atom is -0.207 e. The highest BCUT2D eigenvalue weighted by Gasteiger charge is 2.29. The SMILES string of the molecule is O=S(=O)(NC1CCCC1Br)c1ccc2c(c1)CCC2. The first-order valence-corrected chi connectivity index (χ1v) is 9.24. The summed E-state index contributed by atoms with van der Waals surface area (Å²) in [4.78, 5) is 0.677. The minimum atomic E-state index is -3.38. The molecule has 0 heterocycles. The van der Waals surface area contributed by atoms with Gasteiger partial charge in [-0.25, -0.2) is 13.1 Å². The van der Waals surface area contributed by atoms with Crippen molar-refractivity contribution in [3.8, 4) is 0 Å². The number of aryl methyl sites for hydroxylation is 2. The standard InChI is InChI=1S/C14H18BrNO2S/c15-13-5-2-6-14(13)16-19(17,18)12-8-7-10-3-1-4-11(10)9-12/h7-9,13-14,16H,1-6H2. The molecule has 0 saturated heterocycles. The van der Waals surface area contributed by atoms with Crippen molar-refractivity contribution >= 4 is 26.0 Å². The molecular formula is C14H18BrNO2S. The highest BCUT2D eigenvalue weighted by atomic mass is 79.9. The second-order valence-electron chi connectivity index (χ2n) is 5.46. The molecule has 0 radical (unpaired) electrons. The normalized spacial score (nSPS) is 26.6. The molecule has 1 fully saturated rings. The van der Waals surface area contributed by atoms with Crippen LogP contribution in [0.4, 0.5) is 0 Å². The van der Waals surface area contributed by atoms with E-state index in [2.05, 4.69) is 20.7 Å². The van der Waals surface area contributed by atoms with E-state index in [4.69, 9.17) is 0 Å². The Bertz CT molecular complexity index is 585. The van der Waals surface area contributed by atoms with E-state index >= 15 is 0 Å². The lowest BCUT2D eigenvalue weighted by Gasteiger charge is -2.16. The molecule has 2 atom stereocenters. The first-order valence-electron chi connectivity index (χ1n) is 6.84. The van der Waals surface area contributed by atoms with E-state index in [-0.39, 0.29) is 10.9 Å². The summed E-state index contributed by atoms with van der Waals surface area (Å²) in [7, 11) is -3.38. The van der Waals surface area contributed by atoms with Crippen molar-refractivity contribution in [1.29, 1.82) is 0 Å². The van der Waals surface area contributed by atoms with Gasteiger partial charge in [-0.3, -0.25) is 0 Å². The lowest BCUT2D eigenvalue weighted by molar-refractivity contribution is 0.556. The van der Waals surface area contributed by atoms with E-state index < -0.39 is 10.0 Å². The molecule has 0 bridgehead atoms. The summed E-state index contributed by atoms with van der Waals surface area (Å²) in [5.74, 6) is 0. The summed E-state index contributed by atoms with van der Waals surface area (Å²) in [5.41, 5.74) is 2.50. The lowest BCUT2D eigenvalue weighted by Crippen LogP contribution is -2.37. The Morgan fingerprint density at radius 1 is 1.11 bits per heavy atom. The highest BCUT2D eigenvalue weighted by molar-refractivity contribution is 9.09. The van der Waals surface area contributed by atoms with Crippen molar-refractivity contribution in [3.05, 3.63) is 29.3 Å². The fourth-order valence-electron chi connectivity index (χ4n) is 3.03. The Kier molecular flexibility index (Phi) is 3.71. The Morgan fingerprint density at radius 3 is 2.63 bits per heavy atom. The molecule has 0 amide bonds. The third-order valence-corrected chi connectivity index (χ3v) is 6.70. The van der Waals surface area contributed by atoms with Gasteiger partial charge in [0.25, 0.3) is 0 Å². The minimum absolute atomic E-state index is 0.0262. The van der Waals surface area contributed by atoms with Gasteiger partial charge < -0.3 is 0 Å². The van der Waals surface area contributed by atoms with Crippen LogP contribution < -0.4 is 4.72 Å². The van der Waals surface area contributed by atoms with E-state index in [0.29, 0.717) is 4.90 Å². The van der Waals surface area contributed by atoms with Gasteiger partial charge in [0.05, 0.1) is 4.90 Å². The van der Waals surface area contributed by atoms with Crippen LogP contribution in [0.15, 0.2) is 23.1 Å². The molecule has 1 aromatic rings. The van der Waals surface area contributed by atoms with Gasteiger partial charge >= 0.3 is 0 Å². The molecule has 3 nitrogen and oxygen atoms in total. The van der Waals surface area contributed by atoms with Crippen LogP contribution in [0.5, 0.6) is 0 Å². The summed E-state index contributed by atoms with van der Waals surface area (Å²) in [5, 5.41) is 0. The summed E-state index contributed by atoms with van der Waals surface area (Å²) in [6.45, 7) is 0. The van der Waals surface area contributed by atoms with Crippen LogP contribution in [0.25, 0.3) is 0 Å². The Labute approximate surface area is 123 Å². The molecule has 1 aromatic carbocycles. The van der Waals surface area contributed by atoms with E-state index in [1.54, 1.807) is 6.07 Å².